The lowest BCUT2D eigenvalue weighted by molar-refractivity contribution is -0.144. The highest BCUT2D eigenvalue weighted by molar-refractivity contribution is 7.92. The van der Waals surface area contributed by atoms with Crippen LogP contribution in [0.25, 0.3) is 0 Å². The highest BCUT2D eigenvalue weighted by atomic mass is 32.2. The molecular weight excluding hydrogens is 262 g/mol. The molecule has 0 saturated carbocycles. The first kappa shape index (κ1) is 16.6. The molecule has 7 nitrogen and oxygen atoms in total. The van der Waals surface area contributed by atoms with Crippen molar-refractivity contribution < 1.29 is 28.2 Å². The van der Waals surface area contributed by atoms with Gasteiger partial charge in [0.2, 0.25) is 5.91 Å². The summed E-state index contributed by atoms with van der Waals surface area (Å²) in [7, 11) is -3.71. The highest BCUT2D eigenvalue weighted by Gasteiger charge is 2.32. The fraction of sp³-hybridized carbons (Fsp3) is 0.600. The Balaban J connectivity index is 4.86. The molecule has 1 amide bonds. The Bertz CT molecular complexity index is 428. The molecular formula is C10H17NO6S. The summed E-state index contributed by atoms with van der Waals surface area (Å²) in [5, 5.41) is 18.5. The van der Waals surface area contributed by atoms with Crippen molar-refractivity contribution in [1.82, 2.24) is 5.32 Å². The van der Waals surface area contributed by atoms with E-state index in [1.807, 2.05) is 5.32 Å². The van der Waals surface area contributed by atoms with E-state index in [-0.39, 0.29) is 5.75 Å². The molecule has 0 spiro atoms. The summed E-state index contributed by atoms with van der Waals surface area (Å²) >= 11 is 0. The Kier molecular flexibility index (Phi) is 5.99. The molecule has 104 valence electrons. The summed E-state index contributed by atoms with van der Waals surface area (Å²) in [6.07, 6.45) is -0.191. The number of rotatable bonds is 7. The van der Waals surface area contributed by atoms with Crippen LogP contribution in [0.4, 0.5) is 0 Å². The van der Waals surface area contributed by atoms with Crippen molar-refractivity contribution in [1.29, 1.82) is 0 Å². The quantitative estimate of drug-likeness (QED) is 0.510. The summed E-state index contributed by atoms with van der Waals surface area (Å²) in [6.45, 7) is 5.59. The van der Waals surface area contributed by atoms with Crippen LogP contribution in [0.5, 0.6) is 0 Å². The smallest absolute Gasteiger partial charge is 0.328 e. The first-order valence-electron chi connectivity index (χ1n) is 5.17. The van der Waals surface area contributed by atoms with Crippen LogP contribution in [-0.2, 0) is 19.4 Å². The predicted octanol–water partition coefficient (Wildman–Crippen LogP) is -1.07. The van der Waals surface area contributed by atoms with E-state index in [1.165, 1.54) is 6.92 Å². The van der Waals surface area contributed by atoms with E-state index in [0.29, 0.717) is 0 Å². The lowest BCUT2D eigenvalue weighted by atomic mass is 10.2. The van der Waals surface area contributed by atoms with Gasteiger partial charge in [-0.2, -0.15) is 0 Å². The van der Waals surface area contributed by atoms with Gasteiger partial charge in [-0.3, -0.25) is 4.79 Å². The lowest BCUT2D eigenvalue weighted by Gasteiger charge is -2.19. The number of amides is 1. The zero-order chi connectivity index (χ0) is 14.5. The lowest BCUT2D eigenvalue weighted by Crippen LogP contribution is -2.51. The normalized spacial score (nSPS) is 16.4. The van der Waals surface area contributed by atoms with Crippen LogP contribution in [0.15, 0.2) is 12.7 Å². The van der Waals surface area contributed by atoms with Crippen molar-refractivity contribution in [3.05, 3.63) is 12.7 Å². The average molecular weight is 279 g/mol. The van der Waals surface area contributed by atoms with E-state index >= 15 is 0 Å². The predicted molar refractivity (Wildman–Crippen MR) is 64.7 cm³/mol. The van der Waals surface area contributed by atoms with Gasteiger partial charge >= 0.3 is 5.97 Å². The monoisotopic (exact) mass is 279 g/mol. The first-order chi connectivity index (χ1) is 8.13. The second-order valence-corrected chi connectivity index (χ2v) is 6.19. The number of nitrogens with one attached hydrogen (secondary N) is 1. The Morgan fingerprint density at radius 2 is 1.89 bits per heavy atom. The maximum atomic E-state index is 11.6. The molecule has 0 bridgehead atoms. The van der Waals surface area contributed by atoms with Crippen LogP contribution >= 0.6 is 0 Å². The van der Waals surface area contributed by atoms with Gasteiger partial charge in [-0.1, -0.05) is 6.08 Å². The second-order valence-electron chi connectivity index (χ2n) is 3.83. The molecule has 3 atom stereocenters. The van der Waals surface area contributed by atoms with Crippen LogP contribution in [0.2, 0.25) is 0 Å². The zero-order valence-electron chi connectivity index (χ0n) is 10.2. The van der Waals surface area contributed by atoms with Gasteiger partial charge in [0.25, 0.3) is 0 Å². The molecule has 0 rings (SSSR count). The van der Waals surface area contributed by atoms with Crippen molar-refractivity contribution in [2.75, 3.05) is 5.75 Å². The highest BCUT2D eigenvalue weighted by Crippen LogP contribution is 2.04. The summed E-state index contributed by atoms with van der Waals surface area (Å²) in [5.41, 5.74) is 0. The molecule has 0 aliphatic carbocycles. The Morgan fingerprint density at radius 1 is 1.39 bits per heavy atom. The number of hydrogen-bond donors (Lipinski definition) is 3. The van der Waals surface area contributed by atoms with E-state index in [0.717, 1.165) is 13.0 Å². The standard InChI is InChI=1S/C10H17NO6S/c1-4-5-18(16,17)7(3)9(13)11-8(6(2)12)10(14)15/h4,6-8,12H,1,5H2,2-3H3,(H,11,13)(H,14,15). The van der Waals surface area contributed by atoms with Gasteiger partial charge in [-0.05, 0) is 13.8 Å². The van der Waals surface area contributed by atoms with E-state index in [4.69, 9.17) is 10.2 Å². The minimum atomic E-state index is -3.71. The summed E-state index contributed by atoms with van der Waals surface area (Å²) < 4.78 is 23.1. The van der Waals surface area contributed by atoms with Crippen LogP contribution in [0, 0.1) is 0 Å². The van der Waals surface area contributed by atoms with Crippen LogP contribution in [0.1, 0.15) is 13.8 Å². The number of carboxylic acids is 1. The zero-order valence-corrected chi connectivity index (χ0v) is 11.0. The van der Waals surface area contributed by atoms with Crippen molar-refractivity contribution >= 4 is 21.7 Å². The number of carbonyl (C=O) groups excluding carboxylic acids is 1. The van der Waals surface area contributed by atoms with Crippen molar-refractivity contribution in [2.45, 2.75) is 31.2 Å². The number of carbonyl (C=O) groups is 2. The number of carboxylic acid groups (broad SMARTS) is 1. The van der Waals surface area contributed by atoms with Gasteiger partial charge < -0.3 is 15.5 Å². The van der Waals surface area contributed by atoms with Gasteiger partial charge in [0.05, 0.1) is 11.9 Å². The van der Waals surface area contributed by atoms with Gasteiger partial charge in [0, 0.05) is 0 Å². The van der Waals surface area contributed by atoms with Crippen molar-refractivity contribution in [2.24, 2.45) is 0 Å². The average Bonchev–Trinajstić information content (AvgIpc) is 2.23. The number of aliphatic hydroxyl groups excluding tert-OH is 1. The van der Waals surface area contributed by atoms with Gasteiger partial charge in [0.15, 0.2) is 15.9 Å². The van der Waals surface area contributed by atoms with Gasteiger partial charge in [-0.25, -0.2) is 13.2 Å². The molecule has 0 aromatic carbocycles. The Labute approximate surface area is 105 Å². The van der Waals surface area contributed by atoms with Crippen LogP contribution in [0.3, 0.4) is 0 Å². The largest absolute Gasteiger partial charge is 0.480 e. The molecule has 0 fully saturated rings. The third kappa shape index (κ3) is 4.46. The van der Waals surface area contributed by atoms with Gasteiger partial charge in [-0.15, -0.1) is 6.58 Å². The third-order valence-electron chi connectivity index (χ3n) is 2.30. The molecule has 0 heterocycles. The van der Waals surface area contributed by atoms with E-state index in [9.17, 15) is 18.0 Å². The fourth-order valence-electron chi connectivity index (χ4n) is 1.13. The molecule has 0 aliphatic rings. The molecule has 3 N–H and O–H groups in total. The fourth-order valence-corrected chi connectivity index (χ4v) is 2.14. The molecule has 0 saturated heterocycles. The topological polar surface area (TPSA) is 121 Å². The summed E-state index contributed by atoms with van der Waals surface area (Å²) in [5.74, 6) is -2.79. The van der Waals surface area contributed by atoms with Gasteiger partial charge in [0.1, 0.15) is 5.25 Å². The van der Waals surface area contributed by atoms with E-state index < -0.39 is 39.1 Å². The summed E-state index contributed by atoms with van der Waals surface area (Å²) in [6, 6.07) is -1.54. The van der Waals surface area contributed by atoms with Crippen LogP contribution in [-0.4, -0.2) is 53.7 Å². The first-order valence-corrected chi connectivity index (χ1v) is 6.88. The third-order valence-corrected chi connectivity index (χ3v) is 4.30. The maximum Gasteiger partial charge on any atom is 0.328 e. The molecule has 18 heavy (non-hydrogen) atoms. The maximum absolute atomic E-state index is 11.6. The SMILES string of the molecule is C=CCS(=O)(=O)C(C)C(=O)NC(C(=O)O)C(C)O. The Morgan fingerprint density at radius 3 is 2.22 bits per heavy atom. The molecule has 0 radical (unpaired) electrons. The van der Waals surface area contributed by atoms with Crippen molar-refractivity contribution in [3.8, 4) is 0 Å². The second kappa shape index (κ2) is 6.50. The van der Waals surface area contributed by atoms with Crippen molar-refractivity contribution in [3.63, 3.8) is 0 Å². The van der Waals surface area contributed by atoms with Crippen LogP contribution < -0.4 is 5.32 Å². The van der Waals surface area contributed by atoms with E-state index in [1.54, 1.807) is 0 Å². The minimum Gasteiger partial charge on any atom is -0.480 e. The summed E-state index contributed by atoms with van der Waals surface area (Å²) in [4.78, 5) is 22.3. The molecule has 0 aromatic heterocycles. The molecule has 0 aromatic rings. The molecule has 3 unspecified atom stereocenters. The number of sulfone groups is 1. The number of aliphatic hydroxyl groups is 1. The minimum absolute atomic E-state index is 0.381. The van der Waals surface area contributed by atoms with E-state index in [2.05, 4.69) is 6.58 Å². The molecule has 0 aliphatic heterocycles. The molecule has 8 heteroatoms. The number of hydrogen-bond acceptors (Lipinski definition) is 5. The number of aliphatic carboxylic acids is 1. The Hall–Kier alpha value is -1.41.